The molecule has 6 heteroatoms. The zero-order valence-electron chi connectivity index (χ0n) is 10.9. The molecule has 1 amide bonds. The van der Waals surface area contributed by atoms with E-state index in [1.54, 1.807) is 0 Å². The van der Waals surface area contributed by atoms with Crippen molar-refractivity contribution in [2.24, 2.45) is 0 Å². The summed E-state index contributed by atoms with van der Waals surface area (Å²) in [6.45, 7) is 5.43. The Kier molecular flexibility index (Phi) is 5.32. The maximum absolute atomic E-state index is 11.6. The van der Waals surface area contributed by atoms with Crippen molar-refractivity contribution < 1.29 is 19.0 Å². The molecule has 0 aromatic heterocycles. The second-order valence-corrected chi connectivity index (χ2v) is 4.54. The molecule has 2 N–H and O–H groups in total. The van der Waals surface area contributed by atoms with Crippen LogP contribution < -0.4 is 10.6 Å². The molecule has 1 saturated heterocycles. The fourth-order valence-electron chi connectivity index (χ4n) is 1.69. The van der Waals surface area contributed by atoms with Crippen molar-refractivity contribution in [2.45, 2.75) is 31.8 Å². The van der Waals surface area contributed by atoms with Crippen LogP contribution in [0, 0.1) is 0 Å². The van der Waals surface area contributed by atoms with E-state index >= 15 is 0 Å². The second kappa shape index (κ2) is 6.30. The minimum absolute atomic E-state index is 0.0582. The third-order valence-corrected chi connectivity index (χ3v) is 2.81. The van der Waals surface area contributed by atoms with Gasteiger partial charge in [-0.3, -0.25) is 4.79 Å². The molecule has 1 fully saturated rings. The second-order valence-electron chi connectivity index (χ2n) is 4.54. The van der Waals surface area contributed by atoms with E-state index in [2.05, 4.69) is 10.6 Å². The van der Waals surface area contributed by atoms with Crippen molar-refractivity contribution in [1.82, 2.24) is 10.6 Å². The summed E-state index contributed by atoms with van der Waals surface area (Å²) in [5, 5.41) is 5.87. The normalized spacial score (nSPS) is 19.8. The summed E-state index contributed by atoms with van der Waals surface area (Å²) in [6.07, 6.45) is -0.445. The summed E-state index contributed by atoms with van der Waals surface area (Å²) < 4.78 is 15.6. The Bertz CT molecular complexity index is 252. The molecule has 1 aliphatic rings. The Balaban J connectivity index is 2.24. The highest BCUT2D eigenvalue weighted by Gasteiger charge is 2.33. The van der Waals surface area contributed by atoms with Gasteiger partial charge in [0.25, 0.3) is 0 Å². The van der Waals surface area contributed by atoms with Gasteiger partial charge in [0.05, 0.1) is 11.6 Å². The zero-order valence-corrected chi connectivity index (χ0v) is 10.9. The lowest BCUT2D eigenvalue weighted by molar-refractivity contribution is -0.145. The molecule has 0 radical (unpaired) electrons. The van der Waals surface area contributed by atoms with Crippen LogP contribution in [0.15, 0.2) is 0 Å². The lowest BCUT2D eigenvalue weighted by atomic mass is 10.0. The van der Waals surface area contributed by atoms with Crippen LogP contribution in [0.1, 0.15) is 13.8 Å². The first-order valence-corrected chi connectivity index (χ1v) is 5.70. The predicted molar refractivity (Wildman–Crippen MR) is 62.6 cm³/mol. The summed E-state index contributed by atoms with van der Waals surface area (Å²) in [7, 11) is 3.07. The van der Waals surface area contributed by atoms with Gasteiger partial charge < -0.3 is 24.8 Å². The fourth-order valence-corrected chi connectivity index (χ4v) is 1.69. The quantitative estimate of drug-likeness (QED) is 0.592. The van der Waals surface area contributed by atoms with Crippen LogP contribution in [0.3, 0.4) is 0 Å². The van der Waals surface area contributed by atoms with Crippen molar-refractivity contribution in [1.29, 1.82) is 0 Å². The van der Waals surface area contributed by atoms with Crippen LogP contribution in [0.25, 0.3) is 0 Å². The fraction of sp³-hybridized carbons (Fsp3) is 0.909. The van der Waals surface area contributed by atoms with E-state index in [4.69, 9.17) is 14.2 Å². The first-order chi connectivity index (χ1) is 8.00. The minimum atomic E-state index is -0.445. The molecule has 6 nitrogen and oxygen atoms in total. The Morgan fingerprint density at radius 1 is 1.41 bits per heavy atom. The van der Waals surface area contributed by atoms with Crippen LogP contribution in [-0.4, -0.2) is 57.8 Å². The molecule has 0 aliphatic carbocycles. The number of carbonyl (C=O) groups is 1. The Hall–Kier alpha value is -0.690. The van der Waals surface area contributed by atoms with Crippen LogP contribution >= 0.6 is 0 Å². The van der Waals surface area contributed by atoms with E-state index in [9.17, 15) is 4.79 Å². The molecule has 0 aromatic carbocycles. The van der Waals surface area contributed by atoms with E-state index in [1.165, 1.54) is 14.2 Å². The lowest BCUT2D eigenvalue weighted by Gasteiger charge is -2.38. The minimum Gasteiger partial charge on any atom is -0.363 e. The maximum atomic E-state index is 11.6. The molecule has 0 saturated carbocycles. The van der Waals surface area contributed by atoms with E-state index in [0.717, 1.165) is 13.1 Å². The molecular weight excluding hydrogens is 224 g/mol. The molecule has 1 atom stereocenters. The number of rotatable bonds is 7. The van der Waals surface area contributed by atoms with Gasteiger partial charge in [0.15, 0.2) is 6.29 Å². The number of ether oxygens (including phenoxy) is 3. The molecule has 0 aromatic rings. The van der Waals surface area contributed by atoms with Crippen LogP contribution in [0.5, 0.6) is 0 Å². The molecule has 0 bridgehead atoms. The highest BCUT2D eigenvalue weighted by molar-refractivity contribution is 5.77. The standard InChI is InChI=1S/C11H22N2O4/c1-8(10(15-3)16-4)13-9(14)5-17-11(2)6-12-7-11/h8,10,12H,5-7H2,1-4H3,(H,13,14). The van der Waals surface area contributed by atoms with Gasteiger partial charge in [0.2, 0.25) is 5.91 Å². The third-order valence-electron chi connectivity index (χ3n) is 2.81. The monoisotopic (exact) mass is 246 g/mol. The van der Waals surface area contributed by atoms with Gasteiger partial charge in [0.1, 0.15) is 6.61 Å². The summed E-state index contributed by atoms with van der Waals surface area (Å²) in [5.74, 6) is -0.162. The van der Waals surface area contributed by atoms with Gasteiger partial charge in [-0.15, -0.1) is 0 Å². The molecule has 1 unspecified atom stereocenters. The highest BCUT2D eigenvalue weighted by atomic mass is 16.7. The number of methoxy groups -OCH3 is 2. The first-order valence-electron chi connectivity index (χ1n) is 5.70. The van der Waals surface area contributed by atoms with Crippen molar-refractivity contribution in [2.75, 3.05) is 33.9 Å². The average Bonchev–Trinajstić information content (AvgIpc) is 2.25. The van der Waals surface area contributed by atoms with E-state index in [-0.39, 0.29) is 24.2 Å². The molecule has 1 rings (SSSR count). The Morgan fingerprint density at radius 2 is 2.00 bits per heavy atom. The van der Waals surface area contributed by atoms with Gasteiger partial charge in [-0.1, -0.05) is 0 Å². The number of nitrogens with one attached hydrogen (secondary N) is 2. The number of hydrogen-bond acceptors (Lipinski definition) is 5. The zero-order chi connectivity index (χ0) is 12.9. The van der Waals surface area contributed by atoms with Crippen molar-refractivity contribution in [3.8, 4) is 0 Å². The summed E-state index contributed by atoms with van der Waals surface area (Å²) in [4.78, 5) is 11.6. The van der Waals surface area contributed by atoms with E-state index < -0.39 is 6.29 Å². The van der Waals surface area contributed by atoms with Crippen LogP contribution in [-0.2, 0) is 19.0 Å². The lowest BCUT2D eigenvalue weighted by Crippen LogP contribution is -2.60. The average molecular weight is 246 g/mol. The number of carbonyl (C=O) groups excluding carboxylic acids is 1. The molecular formula is C11H22N2O4. The summed E-state index contributed by atoms with van der Waals surface area (Å²) in [6, 6.07) is -0.214. The smallest absolute Gasteiger partial charge is 0.246 e. The Labute approximate surface area is 102 Å². The first kappa shape index (κ1) is 14.4. The van der Waals surface area contributed by atoms with Crippen molar-refractivity contribution in [3.63, 3.8) is 0 Å². The molecule has 0 spiro atoms. The summed E-state index contributed by atoms with van der Waals surface area (Å²) >= 11 is 0. The van der Waals surface area contributed by atoms with Gasteiger partial charge in [-0.2, -0.15) is 0 Å². The van der Waals surface area contributed by atoms with Gasteiger partial charge in [-0.25, -0.2) is 0 Å². The molecule has 100 valence electrons. The number of amides is 1. The van der Waals surface area contributed by atoms with Gasteiger partial charge >= 0.3 is 0 Å². The largest absolute Gasteiger partial charge is 0.363 e. The number of hydrogen-bond donors (Lipinski definition) is 2. The van der Waals surface area contributed by atoms with Crippen LogP contribution in [0.2, 0.25) is 0 Å². The third kappa shape index (κ3) is 4.23. The Morgan fingerprint density at radius 3 is 2.41 bits per heavy atom. The molecule has 1 heterocycles. The van der Waals surface area contributed by atoms with Crippen molar-refractivity contribution >= 4 is 5.91 Å². The SMILES string of the molecule is COC(OC)C(C)NC(=O)COC1(C)CNC1. The van der Waals surface area contributed by atoms with Gasteiger partial charge in [-0.05, 0) is 13.8 Å². The predicted octanol–water partition coefficient (Wildman–Crippen LogP) is -0.511. The van der Waals surface area contributed by atoms with E-state index in [1.807, 2.05) is 13.8 Å². The molecule has 1 aliphatic heterocycles. The summed E-state index contributed by atoms with van der Waals surface area (Å²) in [5.41, 5.74) is -0.206. The maximum Gasteiger partial charge on any atom is 0.246 e. The van der Waals surface area contributed by atoms with Gasteiger partial charge in [0, 0.05) is 27.3 Å². The highest BCUT2D eigenvalue weighted by Crippen LogP contribution is 2.14. The van der Waals surface area contributed by atoms with E-state index in [0.29, 0.717) is 0 Å². The topological polar surface area (TPSA) is 68.8 Å². The molecule has 17 heavy (non-hydrogen) atoms. The van der Waals surface area contributed by atoms with Crippen LogP contribution in [0.4, 0.5) is 0 Å². The van der Waals surface area contributed by atoms with Crippen molar-refractivity contribution in [3.05, 3.63) is 0 Å².